The SMILES string of the molecule is Clc1ccc(C2CC(NCCCN3CCCC3)C2)cc1. The van der Waals surface area contributed by atoms with Crippen LogP contribution in [0.2, 0.25) is 5.02 Å². The second-order valence-electron chi connectivity index (χ2n) is 6.27. The van der Waals surface area contributed by atoms with Gasteiger partial charge in [0, 0.05) is 11.1 Å². The van der Waals surface area contributed by atoms with Gasteiger partial charge in [-0.25, -0.2) is 0 Å². The molecule has 0 spiro atoms. The van der Waals surface area contributed by atoms with E-state index in [4.69, 9.17) is 11.6 Å². The van der Waals surface area contributed by atoms with Crippen molar-refractivity contribution in [2.75, 3.05) is 26.2 Å². The fourth-order valence-electron chi connectivity index (χ4n) is 3.41. The number of nitrogens with zero attached hydrogens (tertiary/aromatic N) is 1. The van der Waals surface area contributed by atoms with Crippen molar-refractivity contribution in [1.29, 1.82) is 0 Å². The summed E-state index contributed by atoms with van der Waals surface area (Å²) >= 11 is 5.93. The number of halogens is 1. The highest BCUT2D eigenvalue weighted by Crippen LogP contribution is 2.37. The predicted octanol–water partition coefficient (Wildman–Crippen LogP) is 3.66. The van der Waals surface area contributed by atoms with Gasteiger partial charge in [-0.05, 0) is 81.9 Å². The Morgan fingerprint density at radius 3 is 2.50 bits per heavy atom. The van der Waals surface area contributed by atoms with E-state index in [1.54, 1.807) is 0 Å². The molecule has 1 N–H and O–H groups in total. The molecule has 3 heteroatoms. The highest BCUT2D eigenvalue weighted by atomic mass is 35.5. The number of nitrogens with one attached hydrogen (secondary N) is 1. The summed E-state index contributed by atoms with van der Waals surface area (Å²) in [6, 6.07) is 9.10. The number of benzene rings is 1. The van der Waals surface area contributed by atoms with Crippen molar-refractivity contribution in [3.05, 3.63) is 34.9 Å². The van der Waals surface area contributed by atoms with E-state index in [0.717, 1.165) is 17.0 Å². The van der Waals surface area contributed by atoms with Crippen LogP contribution in [-0.4, -0.2) is 37.1 Å². The quantitative estimate of drug-likeness (QED) is 0.805. The van der Waals surface area contributed by atoms with Crippen LogP contribution in [0.5, 0.6) is 0 Å². The zero-order chi connectivity index (χ0) is 13.8. The van der Waals surface area contributed by atoms with Crippen LogP contribution in [0.1, 0.15) is 43.6 Å². The van der Waals surface area contributed by atoms with E-state index in [-0.39, 0.29) is 0 Å². The van der Waals surface area contributed by atoms with Gasteiger partial charge in [-0.2, -0.15) is 0 Å². The van der Waals surface area contributed by atoms with E-state index in [1.165, 1.54) is 63.8 Å². The number of likely N-dealkylation sites (tertiary alicyclic amines) is 1. The maximum atomic E-state index is 5.93. The van der Waals surface area contributed by atoms with Crippen LogP contribution in [0, 0.1) is 0 Å². The molecule has 1 aliphatic heterocycles. The summed E-state index contributed by atoms with van der Waals surface area (Å²) in [7, 11) is 0. The summed E-state index contributed by atoms with van der Waals surface area (Å²) < 4.78 is 0. The molecule has 1 aromatic rings. The Hall–Kier alpha value is -0.570. The molecule has 1 aromatic carbocycles. The summed E-state index contributed by atoms with van der Waals surface area (Å²) in [5, 5.41) is 4.54. The molecular formula is C17H25ClN2. The first kappa shape index (κ1) is 14.4. The first-order valence-corrected chi connectivity index (χ1v) is 8.40. The first-order chi connectivity index (χ1) is 9.81. The van der Waals surface area contributed by atoms with Gasteiger partial charge < -0.3 is 10.2 Å². The minimum atomic E-state index is 0.731. The van der Waals surface area contributed by atoms with Gasteiger partial charge in [0.25, 0.3) is 0 Å². The van der Waals surface area contributed by atoms with Crippen LogP contribution in [0.15, 0.2) is 24.3 Å². The molecule has 2 nitrogen and oxygen atoms in total. The van der Waals surface area contributed by atoms with E-state index in [2.05, 4.69) is 22.3 Å². The molecule has 0 amide bonds. The molecule has 3 rings (SSSR count). The Morgan fingerprint density at radius 2 is 1.80 bits per heavy atom. The molecule has 1 saturated heterocycles. The monoisotopic (exact) mass is 292 g/mol. The van der Waals surface area contributed by atoms with Gasteiger partial charge >= 0.3 is 0 Å². The third-order valence-electron chi connectivity index (χ3n) is 4.76. The zero-order valence-electron chi connectivity index (χ0n) is 12.2. The Morgan fingerprint density at radius 1 is 1.10 bits per heavy atom. The summed E-state index contributed by atoms with van der Waals surface area (Å²) in [6.07, 6.45) is 6.66. The lowest BCUT2D eigenvalue weighted by Gasteiger charge is -2.36. The molecule has 1 saturated carbocycles. The smallest absolute Gasteiger partial charge is 0.0406 e. The Labute approximate surface area is 127 Å². The molecule has 0 radical (unpaired) electrons. The number of hydrogen-bond donors (Lipinski definition) is 1. The summed E-state index contributed by atoms with van der Waals surface area (Å²) in [5.74, 6) is 0.739. The summed E-state index contributed by atoms with van der Waals surface area (Å²) in [5.41, 5.74) is 1.45. The van der Waals surface area contributed by atoms with Gasteiger partial charge in [-0.1, -0.05) is 23.7 Å². The number of rotatable bonds is 6. The van der Waals surface area contributed by atoms with Gasteiger partial charge in [0.05, 0.1) is 0 Å². The van der Waals surface area contributed by atoms with E-state index >= 15 is 0 Å². The van der Waals surface area contributed by atoms with Crippen LogP contribution >= 0.6 is 11.6 Å². The van der Waals surface area contributed by atoms with E-state index < -0.39 is 0 Å². The van der Waals surface area contributed by atoms with E-state index in [0.29, 0.717) is 0 Å². The Kier molecular flexibility index (Phi) is 4.98. The van der Waals surface area contributed by atoms with Gasteiger partial charge in [0.2, 0.25) is 0 Å². The summed E-state index contributed by atoms with van der Waals surface area (Å²) in [6.45, 7) is 5.10. The normalized spacial score (nSPS) is 26.6. The van der Waals surface area contributed by atoms with Gasteiger partial charge in [-0.15, -0.1) is 0 Å². The van der Waals surface area contributed by atoms with Gasteiger partial charge in [0.1, 0.15) is 0 Å². The number of hydrogen-bond acceptors (Lipinski definition) is 2. The minimum Gasteiger partial charge on any atom is -0.314 e. The van der Waals surface area contributed by atoms with Crippen molar-refractivity contribution >= 4 is 11.6 Å². The van der Waals surface area contributed by atoms with Crippen molar-refractivity contribution in [2.45, 2.75) is 44.1 Å². The lowest BCUT2D eigenvalue weighted by molar-refractivity contribution is 0.277. The molecule has 20 heavy (non-hydrogen) atoms. The predicted molar refractivity (Wildman–Crippen MR) is 85.5 cm³/mol. The zero-order valence-corrected chi connectivity index (χ0v) is 12.9. The van der Waals surface area contributed by atoms with Gasteiger partial charge in [0.15, 0.2) is 0 Å². The van der Waals surface area contributed by atoms with E-state index in [1.807, 2.05) is 12.1 Å². The average molecular weight is 293 g/mol. The first-order valence-electron chi connectivity index (χ1n) is 8.02. The third-order valence-corrected chi connectivity index (χ3v) is 5.01. The topological polar surface area (TPSA) is 15.3 Å². The second kappa shape index (κ2) is 6.93. The van der Waals surface area contributed by atoms with Crippen LogP contribution in [0.3, 0.4) is 0 Å². The lowest BCUT2D eigenvalue weighted by Crippen LogP contribution is -2.41. The van der Waals surface area contributed by atoms with Crippen molar-refractivity contribution < 1.29 is 0 Å². The lowest BCUT2D eigenvalue weighted by atomic mass is 9.76. The van der Waals surface area contributed by atoms with Crippen molar-refractivity contribution in [1.82, 2.24) is 10.2 Å². The fraction of sp³-hybridized carbons (Fsp3) is 0.647. The molecule has 2 aliphatic rings. The molecule has 110 valence electrons. The molecule has 0 atom stereocenters. The van der Waals surface area contributed by atoms with Crippen LogP contribution in [-0.2, 0) is 0 Å². The second-order valence-corrected chi connectivity index (χ2v) is 6.71. The highest BCUT2D eigenvalue weighted by Gasteiger charge is 2.29. The third kappa shape index (κ3) is 3.75. The average Bonchev–Trinajstić information content (AvgIpc) is 2.91. The molecule has 0 bridgehead atoms. The van der Waals surface area contributed by atoms with Crippen molar-refractivity contribution in [2.24, 2.45) is 0 Å². The van der Waals surface area contributed by atoms with E-state index in [9.17, 15) is 0 Å². The highest BCUT2D eigenvalue weighted by molar-refractivity contribution is 6.30. The van der Waals surface area contributed by atoms with Crippen molar-refractivity contribution in [3.63, 3.8) is 0 Å². The molecule has 1 aliphatic carbocycles. The minimum absolute atomic E-state index is 0.731. The Balaban J connectivity index is 1.29. The standard InChI is InChI=1S/C17H25ClN2/c18-16-6-4-14(5-7-16)15-12-17(13-15)19-8-3-11-20-9-1-2-10-20/h4-7,15,17,19H,1-3,8-13H2. The maximum absolute atomic E-state index is 5.93. The maximum Gasteiger partial charge on any atom is 0.0406 e. The summed E-state index contributed by atoms with van der Waals surface area (Å²) in [4.78, 5) is 2.60. The molecule has 1 heterocycles. The van der Waals surface area contributed by atoms with Crippen LogP contribution < -0.4 is 5.32 Å². The molecule has 0 unspecified atom stereocenters. The van der Waals surface area contributed by atoms with Crippen LogP contribution in [0.4, 0.5) is 0 Å². The largest absolute Gasteiger partial charge is 0.314 e. The Bertz CT molecular complexity index is 406. The molecule has 0 aromatic heterocycles. The van der Waals surface area contributed by atoms with Gasteiger partial charge in [-0.3, -0.25) is 0 Å². The molecule has 2 fully saturated rings. The molecular weight excluding hydrogens is 268 g/mol. The van der Waals surface area contributed by atoms with Crippen LogP contribution in [0.25, 0.3) is 0 Å². The fourth-order valence-corrected chi connectivity index (χ4v) is 3.53. The van der Waals surface area contributed by atoms with Crippen molar-refractivity contribution in [3.8, 4) is 0 Å².